The molecule has 1 unspecified atom stereocenters. The molecular formula is C16H20BrN3O. The maximum atomic E-state index is 12.1. The summed E-state index contributed by atoms with van der Waals surface area (Å²) in [5, 5.41) is 2.88. The fourth-order valence-corrected chi connectivity index (χ4v) is 2.44. The fraction of sp³-hybridized carbons (Fsp3) is 0.312. The molecule has 5 heteroatoms. The topological polar surface area (TPSA) is 60.0 Å². The number of rotatable bonds is 5. The Bertz CT molecular complexity index is 621. The molecule has 0 saturated heterocycles. The van der Waals surface area contributed by atoms with Crippen LogP contribution in [0.2, 0.25) is 0 Å². The van der Waals surface area contributed by atoms with Gasteiger partial charge in [-0.2, -0.15) is 0 Å². The fourth-order valence-electron chi connectivity index (χ4n) is 2.06. The third-order valence-electron chi connectivity index (χ3n) is 3.35. The summed E-state index contributed by atoms with van der Waals surface area (Å²) in [5.74, 6) is 0.303. The molecule has 3 N–H and O–H groups in total. The van der Waals surface area contributed by atoms with E-state index >= 15 is 0 Å². The number of hydrogen-bond donors (Lipinski definition) is 2. The maximum absolute atomic E-state index is 12.1. The molecule has 4 nitrogen and oxygen atoms in total. The SMILES string of the molecule is CC(C)C(N)c1ccn(CC(=O)Nc2ccccc2Br)c1. The number of halogens is 1. The zero-order valence-electron chi connectivity index (χ0n) is 12.2. The summed E-state index contributed by atoms with van der Waals surface area (Å²) < 4.78 is 2.72. The molecule has 0 fully saturated rings. The Labute approximate surface area is 133 Å². The minimum absolute atomic E-state index is 0.00224. The highest BCUT2D eigenvalue weighted by Crippen LogP contribution is 2.21. The molecular weight excluding hydrogens is 330 g/mol. The van der Waals surface area contributed by atoms with Crippen LogP contribution < -0.4 is 11.1 Å². The second-order valence-electron chi connectivity index (χ2n) is 5.41. The van der Waals surface area contributed by atoms with Crippen LogP contribution in [0.4, 0.5) is 5.69 Å². The molecule has 0 radical (unpaired) electrons. The lowest BCUT2D eigenvalue weighted by atomic mass is 10.00. The average Bonchev–Trinajstić information content (AvgIpc) is 2.88. The molecule has 0 aliphatic carbocycles. The summed E-state index contributed by atoms with van der Waals surface area (Å²) in [4.78, 5) is 12.1. The van der Waals surface area contributed by atoms with Gasteiger partial charge in [-0.15, -0.1) is 0 Å². The van der Waals surface area contributed by atoms with Gasteiger partial charge in [0.1, 0.15) is 6.54 Å². The Kier molecular flexibility index (Phi) is 5.20. The number of nitrogens with two attached hydrogens (primary N) is 1. The number of benzene rings is 1. The lowest BCUT2D eigenvalue weighted by Gasteiger charge is -2.13. The monoisotopic (exact) mass is 349 g/mol. The third kappa shape index (κ3) is 4.19. The lowest BCUT2D eigenvalue weighted by molar-refractivity contribution is -0.116. The molecule has 0 saturated carbocycles. The number of aromatic nitrogens is 1. The molecule has 2 rings (SSSR count). The number of carbonyl (C=O) groups excluding carboxylic acids is 1. The molecule has 0 aliphatic rings. The van der Waals surface area contributed by atoms with Gasteiger partial charge in [0, 0.05) is 22.9 Å². The number of nitrogens with one attached hydrogen (secondary N) is 1. The van der Waals surface area contributed by atoms with Crippen molar-refractivity contribution in [1.29, 1.82) is 0 Å². The average molecular weight is 350 g/mol. The van der Waals surface area contributed by atoms with Crippen molar-refractivity contribution in [3.05, 3.63) is 52.8 Å². The Morgan fingerprint density at radius 3 is 2.71 bits per heavy atom. The van der Waals surface area contributed by atoms with Gasteiger partial charge in [-0.05, 0) is 45.6 Å². The van der Waals surface area contributed by atoms with E-state index in [9.17, 15) is 4.79 Å². The first-order chi connectivity index (χ1) is 9.97. The molecule has 1 amide bonds. The Balaban J connectivity index is 1.99. The predicted molar refractivity (Wildman–Crippen MR) is 89.0 cm³/mol. The summed E-state index contributed by atoms with van der Waals surface area (Å²) in [6, 6.07) is 9.51. The van der Waals surface area contributed by atoms with Crippen LogP contribution in [-0.4, -0.2) is 10.5 Å². The number of carbonyl (C=O) groups is 1. The van der Waals surface area contributed by atoms with Gasteiger partial charge in [0.25, 0.3) is 0 Å². The minimum atomic E-state index is -0.0674. The van der Waals surface area contributed by atoms with Crippen molar-refractivity contribution in [3.63, 3.8) is 0 Å². The van der Waals surface area contributed by atoms with Crippen LogP contribution >= 0.6 is 15.9 Å². The van der Waals surface area contributed by atoms with E-state index in [1.807, 2.05) is 47.3 Å². The van der Waals surface area contributed by atoms with Crippen LogP contribution in [0.3, 0.4) is 0 Å². The molecule has 1 aromatic carbocycles. The van der Waals surface area contributed by atoms with E-state index in [0.717, 1.165) is 15.7 Å². The van der Waals surface area contributed by atoms with Gasteiger partial charge in [-0.3, -0.25) is 4.79 Å². The number of amides is 1. The predicted octanol–water partition coefficient (Wildman–Crippen LogP) is 3.55. The minimum Gasteiger partial charge on any atom is -0.345 e. The quantitative estimate of drug-likeness (QED) is 0.866. The van der Waals surface area contributed by atoms with Gasteiger partial charge >= 0.3 is 0 Å². The van der Waals surface area contributed by atoms with Crippen LogP contribution in [-0.2, 0) is 11.3 Å². The number of hydrogen-bond acceptors (Lipinski definition) is 2. The van der Waals surface area contributed by atoms with Crippen LogP contribution in [0.15, 0.2) is 47.2 Å². The zero-order chi connectivity index (χ0) is 15.4. The van der Waals surface area contributed by atoms with E-state index in [0.29, 0.717) is 5.92 Å². The molecule has 112 valence electrons. The van der Waals surface area contributed by atoms with E-state index in [1.165, 1.54) is 0 Å². The van der Waals surface area contributed by atoms with Gasteiger partial charge in [0.2, 0.25) is 5.91 Å². The van der Waals surface area contributed by atoms with Crippen molar-refractivity contribution >= 4 is 27.5 Å². The third-order valence-corrected chi connectivity index (χ3v) is 4.04. The normalized spacial score (nSPS) is 12.4. The van der Waals surface area contributed by atoms with Crippen molar-refractivity contribution in [3.8, 4) is 0 Å². The van der Waals surface area contributed by atoms with E-state index in [4.69, 9.17) is 5.73 Å². The summed E-state index contributed by atoms with van der Waals surface area (Å²) in [7, 11) is 0. The largest absolute Gasteiger partial charge is 0.345 e. The molecule has 1 aromatic heterocycles. The van der Waals surface area contributed by atoms with Gasteiger partial charge in [0.15, 0.2) is 0 Å². The summed E-state index contributed by atoms with van der Waals surface area (Å²) in [6.07, 6.45) is 3.82. The Morgan fingerprint density at radius 1 is 1.33 bits per heavy atom. The van der Waals surface area contributed by atoms with Gasteiger partial charge in [0.05, 0.1) is 5.69 Å². The molecule has 2 aromatic rings. The lowest BCUT2D eigenvalue weighted by Crippen LogP contribution is -2.19. The van der Waals surface area contributed by atoms with Gasteiger partial charge < -0.3 is 15.6 Å². The standard InChI is InChI=1S/C16H20BrN3O/c1-11(2)16(18)12-7-8-20(9-12)10-15(21)19-14-6-4-3-5-13(14)17/h3-9,11,16H,10,18H2,1-2H3,(H,19,21). The van der Waals surface area contributed by atoms with Crippen LogP contribution in [0.1, 0.15) is 25.5 Å². The summed E-state index contributed by atoms with van der Waals surface area (Å²) in [5.41, 5.74) is 7.93. The second kappa shape index (κ2) is 6.91. The van der Waals surface area contributed by atoms with Crippen molar-refractivity contribution in [1.82, 2.24) is 4.57 Å². The zero-order valence-corrected chi connectivity index (χ0v) is 13.8. The Morgan fingerprint density at radius 2 is 2.05 bits per heavy atom. The molecule has 1 atom stereocenters. The Hall–Kier alpha value is -1.59. The molecule has 0 bridgehead atoms. The van der Waals surface area contributed by atoms with Crippen molar-refractivity contribution in [2.75, 3.05) is 5.32 Å². The molecule has 0 spiro atoms. The summed E-state index contributed by atoms with van der Waals surface area (Å²) in [6.45, 7) is 4.44. The number of nitrogens with zero attached hydrogens (tertiary/aromatic N) is 1. The molecule has 21 heavy (non-hydrogen) atoms. The molecule has 0 aliphatic heterocycles. The first-order valence-electron chi connectivity index (χ1n) is 6.93. The van der Waals surface area contributed by atoms with Gasteiger partial charge in [-0.25, -0.2) is 0 Å². The first-order valence-corrected chi connectivity index (χ1v) is 7.72. The smallest absolute Gasteiger partial charge is 0.244 e. The van der Waals surface area contributed by atoms with E-state index in [1.54, 1.807) is 0 Å². The van der Waals surface area contributed by atoms with Crippen LogP contribution in [0.25, 0.3) is 0 Å². The highest BCUT2D eigenvalue weighted by Gasteiger charge is 2.12. The van der Waals surface area contributed by atoms with Gasteiger partial charge in [-0.1, -0.05) is 26.0 Å². The van der Waals surface area contributed by atoms with E-state index in [2.05, 4.69) is 35.1 Å². The number of anilines is 1. The second-order valence-corrected chi connectivity index (χ2v) is 6.27. The summed E-state index contributed by atoms with van der Waals surface area (Å²) >= 11 is 3.41. The number of para-hydroxylation sites is 1. The first kappa shape index (κ1) is 15.8. The van der Waals surface area contributed by atoms with Crippen LogP contribution in [0.5, 0.6) is 0 Å². The highest BCUT2D eigenvalue weighted by molar-refractivity contribution is 9.10. The van der Waals surface area contributed by atoms with E-state index in [-0.39, 0.29) is 18.5 Å². The van der Waals surface area contributed by atoms with Crippen molar-refractivity contribution in [2.24, 2.45) is 11.7 Å². The van der Waals surface area contributed by atoms with Crippen molar-refractivity contribution < 1.29 is 4.79 Å². The van der Waals surface area contributed by atoms with E-state index < -0.39 is 0 Å². The maximum Gasteiger partial charge on any atom is 0.244 e. The van der Waals surface area contributed by atoms with Crippen molar-refractivity contribution in [2.45, 2.75) is 26.4 Å². The molecule has 1 heterocycles. The van der Waals surface area contributed by atoms with Crippen LogP contribution in [0, 0.1) is 5.92 Å². The highest BCUT2D eigenvalue weighted by atomic mass is 79.9.